The molecule has 0 aromatic heterocycles. The first kappa shape index (κ1) is 20.9. The number of nitrogens with one attached hydrogen (secondary N) is 3. The van der Waals surface area contributed by atoms with Gasteiger partial charge in [0.25, 0.3) is 0 Å². The van der Waals surface area contributed by atoms with Crippen molar-refractivity contribution in [2.24, 2.45) is 0 Å². The summed E-state index contributed by atoms with van der Waals surface area (Å²) in [7, 11) is 1.62. The lowest BCUT2D eigenvalue weighted by Gasteiger charge is -2.10. The second-order valence-electron chi connectivity index (χ2n) is 5.96. The first-order valence-corrected chi connectivity index (χ1v) is 9.40. The summed E-state index contributed by atoms with van der Waals surface area (Å²) in [5, 5.41) is 9.15. The van der Waals surface area contributed by atoms with Crippen molar-refractivity contribution in [3.63, 3.8) is 0 Å². The van der Waals surface area contributed by atoms with E-state index in [-0.39, 0.29) is 16.9 Å². The number of amides is 2. The minimum Gasteiger partial charge on any atom is -0.359 e. The number of aryl methyl sites for hydroxylation is 2. The third-order valence-electron chi connectivity index (χ3n) is 3.96. The van der Waals surface area contributed by atoms with Gasteiger partial charge in [-0.3, -0.25) is 9.59 Å². The third kappa shape index (κ3) is 7.37. The van der Waals surface area contributed by atoms with Gasteiger partial charge < -0.3 is 16.0 Å². The SMILES string of the molecule is CNC(=O)CCc1ccc(NC(=S)NC(=O)CCc2ccccc2Cl)cc1. The largest absolute Gasteiger partial charge is 0.359 e. The van der Waals surface area contributed by atoms with Crippen molar-refractivity contribution in [3.05, 3.63) is 64.7 Å². The van der Waals surface area contributed by atoms with Crippen LogP contribution in [0.15, 0.2) is 48.5 Å². The van der Waals surface area contributed by atoms with E-state index in [0.717, 1.165) is 16.8 Å². The molecule has 0 bridgehead atoms. The van der Waals surface area contributed by atoms with E-state index in [2.05, 4.69) is 16.0 Å². The zero-order valence-electron chi connectivity index (χ0n) is 15.0. The van der Waals surface area contributed by atoms with Gasteiger partial charge in [-0.25, -0.2) is 0 Å². The smallest absolute Gasteiger partial charge is 0.226 e. The maximum Gasteiger partial charge on any atom is 0.226 e. The van der Waals surface area contributed by atoms with Gasteiger partial charge in [-0.05, 0) is 54.4 Å². The molecule has 0 aliphatic carbocycles. The Morgan fingerprint density at radius 2 is 1.63 bits per heavy atom. The molecule has 2 amide bonds. The molecule has 2 aromatic carbocycles. The summed E-state index contributed by atoms with van der Waals surface area (Å²) in [5.41, 5.74) is 2.76. The minimum atomic E-state index is -0.172. The van der Waals surface area contributed by atoms with Crippen LogP contribution < -0.4 is 16.0 Å². The first-order valence-electron chi connectivity index (χ1n) is 8.61. The van der Waals surface area contributed by atoms with Gasteiger partial charge in [-0.15, -0.1) is 0 Å². The first-order chi connectivity index (χ1) is 13.0. The quantitative estimate of drug-likeness (QED) is 0.619. The summed E-state index contributed by atoms with van der Waals surface area (Å²) in [6, 6.07) is 15.0. The van der Waals surface area contributed by atoms with Crippen molar-refractivity contribution in [1.29, 1.82) is 0 Å². The van der Waals surface area contributed by atoms with Crippen LogP contribution in [-0.2, 0) is 22.4 Å². The Morgan fingerprint density at radius 1 is 0.963 bits per heavy atom. The number of carbonyl (C=O) groups excluding carboxylic acids is 2. The van der Waals surface area contributed by atoms with E-state index < -0.39 is 0 Å². The van der Waals surface area contributed by atoms with Gasteiger partial charge in [0, 0.05) is 30.6 Å². The number of hydrogen-bond acceptors (Lipinski definition) is 3. The summed E-state index contributed by atoms with van der Waals surface area (Å²) in [5.74, 6) is -0.160. The lowest BCUT2D eigenvalue weighted by molar-refractivity contribution is -0.121. The van der Waals surface area contributed by atoms with Crippen LogP contribution in [0.4, 0.5) is 5.69 Å². The van der Waals surface area contributed by atoms with Gasteiger partial charge in [0.1, 0.15) is 0 Å². The second kappa shape index (κ2) is 10.6. The second-order valence-corrected chi connectivity index (χ2v) is 6.78. The molecule has 0 radical (unpaired) electrons. The lowest BCUT2D eigenvalue weighted by atomic mass is 10.1. The van der Waals surface area contributed by atoms with Gasteiger partial charge >= 0.3 is 0 Å². The lowest BCUT2D eigenvalue weighted by Crippen LogP contribution is -2.34. The van der Waals surface area contributed by atoms with Crippen LogP contribution >= 0.6 is 23.8 Å². The fourth-order valence-corrected chi connectivity index (χ4v) is 2.90. The highest BCUT2D eigenvalue weighted by atomic mass is 35.5. The van der Waals surface area contributed by atoms with Crippen LogP contribution in [0.5, 0.6) is 0 Å². The average molecular weight is 404 g/mol. The topological polar surface area (TPSA) is 70.2 Å². The Morgan fingerprint density at radius 3 is 2.30 bits per heavy atom. The predicted octanol–water partition coefficient (Wildman–Crippen LogP) is 3.46. The van der Waals surface area contributed by atoms with E-state index >= 15 is 0 Å². The summed E-state index contributed by atoms with van der Waals surface area (Å²) in [6.45, 7) is 0. The molecule has 0 unspecified atom stereocenters. The highest BCUT2D eigenvalue weighted by Crippen LogP contribution is 2.16. The molecule has 0 saturated carbocycles. The molecule has 0 saturated heterocycles. The summed E-state index contributed by atoms with van der Waals surface area (Å²) < 4.78 is 0. The van der Waals surface area contributed by atoms with Crippen LogP contribution in [0.3, 0.4) is 0 Å². The molecule has 0 fully saturated rings. The normalized spacial score (nSPS) is 10.1. The van der Waals surface area contributed by atoms with Crippen molar-refractivity contribution in [1.82, 2.24) is 10.6 Å². The number of halogens is 1. The molecule has 2 rings (SSSR count). The molecule has 7 heteroatoms. The van der Waals surface area contributed by atoms with E-state index in [4.69, 9.17) is 23.8 Å². The number of thiocarbonyl (C=S) groups is 1. The van der Waals surface area contributed by atoms with Crippen LogP contribution in [0.2, 0.25) is 5.02 Å². The van der Waals surface area contributed by atoms with E-state index in [1.165, 1.54) is 0 Å². The molecular formula is C20H22ClN3O2S. The van der Waals surface area contributed by atoms with E-state index in [1.807, 2.05) is 42.5 Å². The van der Waals surface area contributed by atoms with Gasteiger partial charge in [-0.2, -0.15) is 0 Å². The van der Waals surface area contributed by atoms with Crippen molar-refractivity contribution in [3.8, 4) is 0 Å². The predicted molar refractivity (Wildman–Crippen MR) is 113 cm³/mol. The number of rotatable bonds is 7. The third-order valence-corrected chi connectivity index (χ3v) is 4.54. The van der Waals surface area contributed by atoms with E-state index in [0.29, 0.717) is 30.7 Å². The standard InChI is InChI=1S/C20H22ClN3O2S/c1-22-18(25)12-8-14-6-10-16(11-7-14)23-20(27)24-19(26)13-9-15-4-2-3-5-17(15)21/h2-7,10-11H,8-9,12-13H2,1H3,(H,22,25)(H2,23,24,26,27). The fraction of sp³-hybridized carbons (Fsp3) is 0.250. The molecule has 0 atom stereocenters. The molecule has 0 aliphatic heterocycles. The molecule has 142 valence electrons. The molecule has 27 heavy (non-hydrogen) atoms. The summed E-state index contributed by atoms with van der Waals surface area (Å²) >= 11 is 11.3. The Kier molecular flexibility index (Phi) is 8.23. The minimum absolute atomic E-state index is 0.0119. The highest BCUT2D eigenvalue weighted by Gasteiger charge is 2.07. The molecule has 5 nitrogen and oxygen atoms in total. The Balaban J connectivity index is 1.76. The molecular weight excluding hydrogens is 382 g/mol. The number of carbonyl (C=O) groups is 2. The molecule has 0 aliphatic rings. The number of benzene rings is 2. The molecule has 2 aromatic rings. The molecule has 3 N–H and O–H groups in total. The van der Waals surface area contributed by atoms with Crippen LogP contribution in [0, 0.1) is 0 Å². The fourth-order valence-electron chi connectivity index (χ4n) is 2.44. The molecule has 0 heterocycles. The highest BCUT2D eigenvalue weighted by molar-refractivity contribution is 7.80. The van der Waals surface area contributed by atoms with Crippen LogP contribution in [0.25, 0.3) is 0 Å². The summed E-state index contributed by atoms with van der Waals surface area (Å²) in [4.78, 5) is 23.3. The van der Waals surface area contributed by atoms with Crippen LogP contribution in [-0.4, -0.2) is 24.0 Å². The Bertz CT molecular complexity index is 809. The van der Waals surface area contributed by atoms with Gasteiger partial charge in [0.2, 0.25) is 11.8 Å². The van der Waals surface area contributed by atoms with Gasteiger partial charge in [0.15, 0.2) is 5.11 Å². The Hall–Kier alpha value is -2.44. The number of anilines is 1. The average Bonchev–Trinajstić information content (AvgIpc) is 2.66. The summed E-state index contributed by atoms with van der Waals surface area (Å²) in [6.07, 6.45) is 1.96. The zero-order valence-corrected chi connectivity index (χ0v) is 16.6. The maximum atomic E-state index is 12.0. The molecule has 0 spiro atoms. The van der Waals surface area contributed by atoms with Crippen LogP contribution in [0.1, 0.15) is 24.0 Å². The van der Waals surface area contributed by atoms with Gasteiger partial charge in [0.05, 0.1) is 0 Å². The number of hydrogen-bond donors (Lipinski definition) is 3. The van der Waals surface area contributed by atoms with E-state index in [1.54, 1.807) is 13.1 Å². The maximum absolute atomic E-state index is 12.0. The zero-order chi connectivity index (χ0) is 19.6. The Labute approximate surface area is 169 Å². The van der Waals surface area contributed by atoms with E-state index in [9.17, 15) is 9.59 Å². The van der Waals surface area contributed by atoms with Crippen molar-refractivity contribution in [2.45, 2.75) is 25.7 Å². The van der Waals surface area contributed by atoms with Crippen molar-refractivity contribution < 1.29 is 9.59 Å². The van der Waals surface area contributed by atoms with Gasteiger partial charge in [-0.1, -0.05) is 41.9 Å². The van der Waals surface area contributed by atoms with Crippen molar-refractivity contribution in [2.75, 3.05) is 12.4 Å². The van der Waals surface area contributed by atoms with Crippen molar-refractivity contribution >= 4 is 46.4 Å². The monoisotopic (exact) mass is 403 g/mol.